The zero-order valence-electron chi connectivity index (χ0n) is 67.9. The number of carbonyl (C=O) groups excluding carboxylic acids is 4. The highest BCUT2D eigenvalue weighted by Gasteiger charge is 2.50. The van der Waals surface area contributed by atoms with Gasteiger partial charge in [-0.25, -0.2) is 23.6 Å². The van der Waals surface area contributed by atoms with Crippen LogP contribution in [0.2, 0.25) is 0 Å². The summed E-state index contributed by atoms with van der Waals surface area (Å²) in [6.45, 7) is 42.5. The highest BCUT2D eigenvalue weighted by molar-refractivity contribution is 7.57. The fourth-order valence-electron chi connectivity index (χ4n) is 9.90. The van der Waals surface area contributed by atoms with Crippen molar-refractivity contribution in [2.45, 2.75) is 272 Å². The SMILES string of the molecule is C.CC(C)N(C(C)C)P(OCCC#N)N(C(C)C)C(C)C.CO[C@H]1C(O)[C@@H](/C=C/P(=O)(OCOC(=O)C(C)(C)C)OCOC(=O)C(C)(C)C)O[C@H]1n1ccc(=O)[nH]c1=O.CO[C@H]1C(OP(OCCC#N)N(C(C)C)C(C)C)[C@@H](/C=C/P(=O)(OCOC(=O)C(C)(C)C)OCOC(=O)C(C)(C)C)O[C@H]1n1ccc(=O)[nH]c1=O. The molecule has 3 unspecified atom stereocenters. The lowest BCUT2D eigenvalue weighted by Crippen LogP contribution is -2.43. The lowest BCUT2D eigenvalue weighted by Gasteiger charge is -2.45. The van der Waals surface area contributed by atoms with E-state index in [2.05, 4.69) is 80.8 Å². The Morgan fingerprint density at radius 3 is 1.14 bits per heavy atom. The van der Waals surface area contributed by atoms with Crippen LogP contribution in [0.3, 0.4) is 0 Å². The number of hydrogen-bond acceptors (Lipinski definition) is 31. The molecule has 2 aliphatic rings. The van der Waals surface area contributed by atoms with Crippen molar-refractivity contribution in [2.24, 2.45) is 21.7 Å². The summed E-state index contributed by atoms with van der Waals surface area (Å²) in [5.74, 6) is -0.534. The topological polar surface area (TPSA) is 428 Å². The predicted molar refractivity (Wildman–Crippen MR) is 412 cm³/mol. The maximum atomic E-state index is 14.0. The molecule has 0 aromatic carbocycles. The molecule has 0 radical (unpaired) electrons. The monoisotopic (exact) mass is 1640 g/mol. The van der Waals surface area contributed by atoms with Crippen molar-refractivity contribution in [2.75, 3.05) is 54.6 Å². The summed E-state index contributed by atoms with van der Waals surface area (Å²) < 4.78 is 120. The van der Waals surface area contributed by atoms with Crippen LogP contribution >= 0.6 is 32.2 Å². The average Bonchev–Trinajstić information content (AvgIpc) is 1.64. The second-order valence-electron chi connectivity index (χ2n) is 30.6. The van der Waals surface area contributed by atoms with Crippen LogP contribution in [-0.2, 0) is 97.9 Å². The van der Waals surface area contributed by atoms with Crippen molar-refractivity contribution in [1.82, 2.24) is 33.1 Å². The van der Waals surface area contributed by atoms with Crippen LogP contribution in [0, 0.1) is 44.3 Å². The summed E-state index contributed by atoms with van der Waals surface area (Å²) in [5, 5.41) is 28.6. The normalized spacial score (nSPS) is 19.7. The third-order valence-corrected chi connectivity index (χ3v) is 23.2. The number of aromatic amines is 2. The van der Waals surface area contributed by atoms with Crippen LogP contribution in [0.25, 0.3) is 0 Å². The zero-order chi connectivity index (χ0) is 83.5. The molecule has 2 aromatic heterocycles. The number of aliphatic hydroxyl groups excluding tert-OH is 1. The number of carbonyl (C=O) groups is 4. The van der Waals surface area contributed by atoms with Crippen LogP contribution in [0.4, 0.5) is 0 Å². The van der Waals surface area contributed by atoms with Crippen molar-refractivity contribution < 1.29 is 103 Å². The van der Waals surface area contributed by atoms with E-state index in [-0.39, 0.29) is 32.5 Å². The molecule has 0 aliphatic carbocycles. The molecule has 39 heteroatoms. The number of rotatable bonds is 37. The predicted octanol–water partition coefficient (Wildman–Crippen LogP) is 11.6. The first-order valence-corrected chi connectivity index (χ1v) is 41.0. The molecule has 9 atom stereocenters. The minimum Gasteiger partial charge on any atom is -0.438 e. The Kier molecular flexibility index (Phi) is 43.5. The molecule has 0 saturated carbocycles. The largest absolute Gasteiger partial charge is 0.438 e. The van der Waals surface area contributed by atoms with Gasteiger partial charge in [0, 0.05) is 86.6 Å². The Morgan fingerprint density at radius 2 is 0.836 bits per heavy atom. The van der Waals surface area contributed by atoms with Gasteiger partial charge in [-0.2, -0.15) is 10.5 Å². The van der Waals surface area contributed by atoms with E-state index in [4.69, 9.17) is 80.1 Å². The number of nitriles is 2. The Hall–Kier alpha value is -5.58. The molecule has 110 heavy (non-hydrogen) atoms. The van der Waals surface area contributed by atoms with E-state index in [1.807, 2.05) is 38.4 Å². The van der Waals surface area contributed by atoms with Gasteiger partial charge in [0.15, 0.2) is 20.9 Å². The van der Waals surface area contributed by atoms with Gasteiger partial charge >= 0.3 is 50.4 Å². The number of hydrogen-bond donors (Lipinski definition) is 3. The number of esters is 4. The molecule has 2 saturated heterocycles. The Balaban J connectivity index is 0.000000899. The van der Waals surface area contributed by atoms with Crippen LogP contribution in [-0.4, -0.2) is 190 Å². The highest BCUT2D eigenvalue weighted by atomic mass is 31.2. The second-order valence-corrected chi connectivity index (χ2v) is 37.5. The lowest BCUT2D eigenvalue weighted by atomic mass is 9.98. The second kappa shape index (κ2) is 46.7. The van der Waals surface area contributed by atoms with Gasteiger partial charge < -0.3 is 56.6 Å². The first-order valence-electron chi connectivity index (χ1n) is 35.5. The molecule has 2 aromatic rings. The van der Waals surface area contributed by atoms with Gasteiger partial charge in [-0.3, -0.25) is 75.1 Å². The van der Waals surface area contributed by atoms with Crippen molar-refractivity contribution >= 4 is 56.0 Å². The highest BCUT2D eigenvalue weighted by Crippen LogP contribution is 2.55. The van der Waals surface area contributed by atoms with Crippen molar-refractivity contribution in [3.8, 4) is 12.1 Å². The van der Waals surface area contributed by atoms with E-state index in [0.29, 0.717) is 37.2 Å². The summed E-state index contributed by atoms with van der Waals surface area (Å²) >= 11 is 0. The maximum absolute atomic E-state index is 14.0. The number of nitrogens with zero attached hydrogens (tertiary/aromatic N) is 7. The number of aromatic nitrogens is 4. The average molecular weight is 1640 g/mol. The fraction of sp³-hybridized carbons (Fsp3) is 0.746. The molecule has 4 rings (SSSR count). The van der Waals surface area contributed by atoms with Gasteiger partial charge in [0.1, 0.15) is 36.6 Å². The smallest absolute Gasteiger partial charge is 0.359 e. The number of H-pyrrole nitrogens is 2. The fourth-order valence-corrected chi connectivity index (χ4v) is 16.0. The van der Waals surface area contributed by atoms with Gasteiger partial charge in [-0.05, 0) is 178 Å². The molecule has 35 nitrogen and oxygen atoms in total. The molecule has 0 amide bonds. The van der Waals surface area contributed by atoms with Gasteiger partial charge in [0.05, 0.1) is 59.9 Å². The molecule has 4 heterocycles. The van der Waals surface area contributed by atoms with Gasteiger partial charge in [0.25, 0.3) is 19.6 Å². The zero-order valence-corrected chi connectivity index (χ0v) is 71.5. The van der Waals surface area contributed by atoms with Crippen molar-refractivity contribution in [3.05, 3.63) is 90.0 Å². The summed E-state index contributed by atoms with van der Waals surface area (Å²) in [7, 11) is -8.65. The van der Waals surface area contributed by atoms with Crippen LogP contribution < -0.4 is 22.5 Å². The van der Waals surface area contributed by atoms with E-state index >= 15 is 0 Å². The third-order valence-electron chi connectivity index (χ3n) is 15.1. The van der Waals surface area contributed by atoms with Crippen molar-refractivity contribution in [3.63, 3.8) is 0 Å². The molecule has 3 N–H and O–H groups in total. The van der Waals surface area contributed by atoms with Crippen LogP contribution in [0.5, 0.6) is 0 Å². The van der Waals surface area contributed by atoms with Crippen LogP contribution in [0.15, 0.2) is 67.5 Å². The van der Waals surface area contributed by atoms with Gasteiger partial charge in [-0.15, -0.1) is 0 Å². The molecule has 2 aliphatic heterocycles. The standard InChI is InChI=1S/C32H52N4O13P2.C23H35N2O12P.C15H32N3OP.CH4/c1-21(2)36(22(3)4)50(45-17-12-15-33)49-25-23(48-27(26(25)42-11)35-16-13-24(37)34-30(35)40)14-18-51(41,46-19-43-28(38)31(5,6)7)47-20-44-29(39)32(8,9)10;1-22(2,3)19(28)33-12-35-38(31,36-13-34-20(29)23(4,5)6)11-9-14-16(27)17(32-7)18(37-14)25-10-8-15(26)24-21(25)30;1-12(2)17(13(3)4)20(19-11-9-10-16)18(14(5)6)15(7)8;/h13-14,16,18,21-23,25-27H,12,17,19-20H2,1-11H3,(H,34,37,40);8-11,14,16-18,27H,12-13H2,1-7H3,(H,24,26,30);12-15H,9,11H2,1-8H3;1H4/b18-14+;11-9+;;/t23-,25?,26+,27-,50?;14-,16?,17+,18-;;/m11../s1. The number of aliphatic hydroxyl groups is 1. The van der Waals surface area contributed by atoms with E-state index < -0.39 is 176 Å². The first kappa shape index (κ1) is 102. The summed E-state index contributed by atoms with van der Waals surface area (Å²) in [5.41, 5.74) is -6.28. The summed E-state index contributed by atoms with van der Waals surface area (Å²) in [4.78, 5) is 101. The Bertz CT molecular complexity index is 3570. The molecular formula is C71H123N9O26P4. The molecule has 0 spiro atoms. The van der Waals surface area contributed by atoms with E-state index in [9.17, 15) is 52.6 Å². The van der Waals surface area contributed by atoms with Gasteiger partial charge in [-0.1, -0.05) is 7.43 Å². The van der Waals surface area contributed by atoms with E-state index in [1.54, 1.807) is 83.1 Å². The minimum absolute atomic E-state index is 0. The quantitative estimate of drug-likeness (QED) is 0.0186. The summed E-state index contributed by atoms with van der Waals surface area (Å²) in [6.07, 6.45) is -3.60. The molecular weight excluding hydrogens is 1520 g/mol. The van der Waals surface area contributed by atoms with Crippen LogP contribution in [0.1, 0.15) is 199 Å². The first-order chi connectivity index (χ1) is 50.4. The molecule has 0 bridgehead atoms. The Labute approximate surface area is 650 Å². The van der Waals surface area contributed by atoms with Gasteiger partial charge in [0.2, 0.25) is 27.2 Å². The molecule has 628 valence electrons. The third kappa shape index (κ3) is 33.1. The summed E-state index contributed by atoms with van der Waals surface area (Å²) in [6, 6.07) is 7.99. The van der Waals surface area contributed by atoms with E-state index in [1.165, 1.54) is 32.7 Å². The van der Waals surface area contributed by atoms with E-state index in [0.717, 1.165) is 39.0 Å². The number of nitrogens with one attached hydrogen (secondary N) is 2. The lowest BCUT2D eigenvalue weighted by molar-refractivity contribution is -0.163. The van der Waals surface area contributed by atoms with Crippen molar-refractivity contribution in [1.29, 1.82) is 10.5 Å². The minimum atomic E-state index is -4.36. The molecule has 2 fully saturated rings. The maximum Gasteiger partial charge on any atom is 0.359 e. The number of methoxy groups -OCH3 is 2. The Morgan fingerprint density at radius 1 is 0.527 bits per heavy atom. The number of ether oxygens (including phenoxy) is 8.